The van der Waals surface area contributed by atoms with Gasteiger partial charge in [-0.05, 0) is 90.3 Å². The molecule has 2 heterocycles. The third kappa shape index (κ3) is 8.54. The molecule has 4 aromatic carbocycles. The number of rotatable bonds is 14. The van der Waals surface area contributed by atoms with E-state index in [-0.39, 0.29) is 36.4 Å². The lowest BCUT2D eigenvalue weighted by Gasteiger charge is -2.16. The van der Waals surface area contributed by atoms with Crippen molar-refractivity contribution >= 4 is 23.7 Å². The van der Waals surface area contributed by atoms with Crippen LogP contribution in [-0.4, -0.2) is 73.3 Å². The molecule has 0 saturated carbocycles. The van der Waals surface area contributed by atoms with E-state index in [1.165, 1.54) is 0 Å². The highest BCUT2D eigenvalue weighted by atomic mass is 16.5. The number of benzene rings is 4. The molecule has 6 aromatic rings. The second-order valence-corrected chi connectivity index (χ2v) is 12.1. The molecular weight excluding hydrogens is 701 g/mol. The van der Waals surface area contributed by atoms with Gasteiger partial charge in [-0.25, -0.2) is 19.9 Å². The summed E-state index contributed by atoms with van der Waals surface area (Å²) in [5.41, 5.74) is 17.3. The largest absolute Gasteiger partial charge is 0.497 e. The van der Waals surface area contributed by atoms with Gasteiger partial charge in [0.15, 0.2) is 0 Å². The standard InChI is InChI=1S/C41H40N8O6/c1-52-28-14-6-24(7-15-28)32-34(26-10-18-30(54-3)19-11-26)46-40(42)48-36(32)38(50)44-22-5-23-45-39(51)37-33(25-8-16-29(53-2)17-9-25)35(47-41(43)49-37)27-12-20-31(55-4)21-13-27/h6-21H,5,22-23H2,1-4H3,(H,44,50)(H,45,51)(H2,42,46,48)(H2,43,47,49). The van der Waals surface area contributed by atoms with Crippen LogP contribution in [0.25, 0.3) is 44.8 Å². The molecule has 0 aliphatic heterocycles. The highest BCUT2D eigenvalue weighted by Crippen LogP contribution is 2.37. The Morgan fingerprint density at radius 1 is 0.473 bits per heavy atom. The summed E-state index contributed by atoms with van der Waals surface area (Å²) in [6, 6.07) is 29.0. The Bertz CT molecular complexity index is 2120. The van der Waals surface area contributed by atoms with Crippen LogP contribution in [0.5, 0.6) is 23.0 Å². The van der Waals surface area contributed by atoms with E-state index in [1.807, 2.05) is 48.5 Å². The number of carbonyl (C=O) groups excluding carboxylic acids is 2. The van der Waals surface area contributed by atoms with Crippen LogP contribution < -0.4 is 41.0 Å². The van der Waals surface area contributed by atoms with E-state index in [9.17, 15) is 9.59 Å². The van der Waals surface area contributed by atoms with Crippen LogP contribution >= 0.6 is 0 Å². The van der Waals surface area contributed by atoms with Crippen molar-refractivity contribution < 1.29 is 28.5 Å². The fourth-order valence-electron chi connectivity index (χ4n) is 5.92. The van der Waals surface area contributed by atoms with Crippen molar-refractivity contribution in [3.8, 4) is 67.8 Å². The first-order valence-electron chi connectivity index (χ1n) is 17.2. The van der Waals surface area contributed by atoms with Crippen LogP contribution in [0.15, 0.2) is 97.1 Å². The molecule has 2 aromatic heterocycles. The van der Waals surface area contributed by atoms with E-state index in [1.54, 1.807) is 77.0 Å². The number of nitrogens with two attached hydrogens (primary N) is 2. The van der Waals surface area contributed by atoms with Gasteiger partial charge in [-0.1, -0.05) is 24.3 Å². The van der Waals surface area contributed by atoms with Crippen molar-refractivity contribution in [3.63, 3.8) is 0 Å². The number of anilines is 2. The highest BCUT2D eigenvalue weighted by molar-refractivity contribution is 6.04. The van der Waals surface area contributed by atoms with E-state index >= 15 is 0 Å². The van der Waals surface area contributed by atoms with Crippen molar-refractivity contribution in [3.05, 3.63) is 108 Å². The summed E-state index contributed by atoms with van der Waals surface area (Å²) in [6.45, 7) is 0.411. The SMILES string of the molecule is COc1ccc(-c2nc(N)nc(C(=O)NCCCNC(=O)c3nc(N)nc(-c4ccc(OC)cc4)c3-c3ccc(OC)cc3)c2-c2ccc(OC)cc2)cc1. The number of aromatic nitrogens is 4. The smallest absolute Gasteiger partial charge is 0.270 e. The lowest BCUT2D eigenvalue weighted by Crippen LogP contribution is -2.31. The zero-order chi connectivity index (χ0) is 38.9. The lowest BCUT2D eigenvalue weighted by atomic mass is 9.97. The van der Waals surface area contributed by atoms with Gasteiger partial charge < -0.3 is 41.0 Å². The minimum Gasteiger partial charge on any atom is -0.497 e. The Morgan fingerprint density at radius 2 is 0.764 bits per heavy atom. The first kappa shape index (κ1) is 37.5. The van der Waals surface area contributed by atoms with Gasteiger partial charge in [-0.3, -0.25) is 9.59 Å². The maximum atomic E-state index is 13.8. The molecule has 0 aliphatic carbocycles. The molecule has 14 nitrogen and oxygen atoms in total. The topological polar surface area (TPSA) is 199 Å². The van der Waals surface area contributed by atoms with Crippen LogP contribution in [0.1, 0.15) is 27.4 Å². The van der Waals surface area contributed by atoms with Gasteiger partial charge in [0.05, 0.1) is 39.8 Å². The van der Waals surface area contributed by atoms with Crippen LogP contribution in [0.2, 0.25) is 0 Å². The number of ether oxygens (including phenoxy) is 4. The quantitative estimate of drug-likeness (QED) is 0.0998. The summed E-state index contributed by atoms with van der Waals surface area (Å²) in [6.07, 6.45) is 0.380. The number of amides is 2. The summed E-state index contributed by atoms with van der Waals surface area (Å²) in [5, 5.41) is 5.84. The molecule has 0 saturated heterocycles. The molecule has 6 N–H and O–H groups in total. The van der Waals surface area contributed by atoms with Gasteiger partial charge in [-0.15, -0.1) is 0 Å². The van der Waals surface area contributed by atoms with Crippen molar-refractivity contribution in [1.82, 2.24) is 30.6 Å². The van der Waals surface area contributed by atoms with Crippen LogP contribution in [0.4, 0.5) is 11.9 Å². The summed E-state index contributed by atoms with van der Waals surface area (Å²) in [5.74, 6) is 1.58. The van der Waals surface area contributed by atoms with E-state index in [2.05, 4.69) is 30.6 Å². The second-order valence-electron chi connectivity index (χ2n) is 12.1. The minimum absolute atomic E-state index is 0.0636. The van der Waals surface area contributed by atoms with Crippen molar-refractivity contribution in [2.24, 2.45) is 0 Å². The maximum absolute atomic E-state index is 13.8. The fraction of sp³-hybridized carbons (Fsp3) is 0.171. The van der Waals surface area contributed by atoms with Crippen molar-refractivity contribution in [1.29, 1.82) is 0 Å². The fourth-order valence-corrected chi connectivity index (χ4v) is 5.92. The summed E-state index contributed by atoms with van der Waals surface area (Å²) in [7, 11) is 6.32. The Morgan fingerprint density at radius 3 is 1.05 bits per heavy atom. The third-order valence-electron chi connectivity index (χ3n) is 8.69. The number of hydrogen-bond donors (Lipinski definition) is 4. The molecule has 55 heavy (non-hydrogen) atoms. The molecule has 0 radical (unpaired) electrons. The Hall–Kier alpha value is -7.22. The summed E-state index contributed by atoms with van der Waals surface area (Å²) >= 11 is 0. The Balaban J connectivity index is 1.22. The van der Waals surface area contributed by atoms with Gasteiger partial charge in [0, 0.05) is 35.3 Å². The molecule has 6 rings (SSSR count). The monoisotopic (exact) mass is 740 g/mol. The van der Waals surface area contributed by atoms with Crippen LogP contribution in [-0.2, 0) is 0 Å². The molecule has 0 bridgehead atoms. The maximum Gasteiger partial charge on any atom is 0.270 e. The van der Waals surface area contributed by atoms with Gasteiger partial charge in [0.25, 0.3) is 11.8 Å². The van der Waals surface area contributed by atoms with Crippen LogP contribution in [0.3, 0.4) is 0 Å². The van der Waals surface area contributed by atoms with E-state index < -0.39 is 11.8 Å². The van der Waals surface area contributed by atoms with Gasteiger partial charge >= 0.3 is 0 Å². The van der Waals surface area contributed by atoms with Gasteiger partial charge in [0.2, 0.25) is 11.9 Å². The number of methoxy groups -OCH3 is 4. The molecule has 0 fully saturated rings. The van der Waals surface area contributed by atoms with E-state index in [0.717, 1.165) is 0 Å². The Kier molecular flexibility index (Phi) is 11.7. The zero-order valence-corrected chi connectivity index (χ0v) is 30.8. The zero-order valence-electron chi connectivity index (χ0n) is 30.8. The first-order chi connectivity index (χ1) is 26.7. The molecule has 280 valence electrons. The van der Waals surface area contributed by atoms with Crippen molar-refractivity contribution in [2.45, 2.75) is 6.42 Å². The van der Waals surface area contributed by atoms with Gasteiger partial charge in [-0.2, -0.15) is 0 Å². The molecule has 0 atom stereocenters. The average Bonchev–Trinajstić information content (AvgIpc) is 3.23. The predicted molar refractivity (Wildman–Crippen MR) is 210 cm³/mol. The predicted octanol–water partition coefficient (Wildman–Crippen LogP) is 5.68. The number of nitrogens with one attached hydrogen (secondary N) is 2. The lowest BCUT2D eigenvalue weighted by molar-refractivity contribution is 0.0947. The highest BCUT2D eigenvalue weighted by Gasteiger charge is 2.24. The summed E-state index contributed by atoms with van der Waals surface area (Å²) in [4.78, 5) is 45.4. The second kappa shape index (κ2) is 17.1. The number of hydrogen-bond acceptors (Lipinski definition) is 12. The third-order valence-corrected chi connectivity index (χ3v) is 8.69. The minimum atomic E-state index is -0.462. The van der Waals surface area contributed by atoms with E-state index in [0.29, 0.717) is 74.2 Å². The number of nitrogens with zero attached hydrogens (tertiary/aromatic N) is 4. The first-order valence-corrected chi connectivity index (χ1v) is 17.2. The van der Waals surface area contributed by atoms with Gasteiger partial charge in [0.1, 0.15) is 34.4 Å². The van der Waals surface area contributed by atoms with Crippen molar-refractivity contribution in [2.75, 3.05) is 53.0 Å². The average molecular weight is 741 g/mol. The number of nitrogen functional groups attached to an aromatic ring is 2. The summed E-state index contributed by atoms with van der Waals surface area (Å²) < 4.78 is 21.3. The molecule has 2 amide bonds. The molecule has 0 unspecified atom stereocenters. The Labute approximate surface area is 317 Å². The molecule has 0 aliphatic rings. The molecular formula is C41H40N8O6. The molecule has 0 spiro atoms. The number of carbonyl (C=O) groups is 2. The molecule has 14 heteroatoms. The van der Waals surface area contributed by atoms with E-state index in [4.69, 9.17) is 30.4 Å². The van der Waals surface area contributed by atoms with Crippen LogP contribution in [0, 0.1) is 0 Å². The normalized spacial score (nSPS) is 10.7.